The lowest BCUT2D eigenvalue weighted by Crippen LogP contribution is -2.48. The van der Waals surface area contributed by atoms with Gasteiger partial charge in [0.2, 0.25) is 0 Å². The Morgan fingerprint density at radius 1 is 1.04 bits per heavy atom. The topological polar surface area (TPSA) is 36.4 Å². The van der Waals surface area contributed by atoms with E-state index in [-0.39, 0.29) is 11.5 Å². The number of amides is 1. The second-order valence-corrected chi connectivity index (χ2v) is 6.08. The molecule has 0 radical (unpaired) electrons. The summed E-state index contributed by atoms with van der Waals surface area (Å²) in [5, 5.41) is 0.403. The van der Waals surface area contributed by atoms with Gasteiger partial charge in [0.05, 0.1) is 5.56 Å². The van der Waals surface area contributed by atoms with Crippen LogP contribution in [0.1, 0.15) is 15.9 Å². The van der Waals surface area contributed by atoms with Crippen LogP contribution in [-0.2, 0) is 6.18 Å². The molecule has 0 saturated carbocycles. The highest BCUT2D eigenvalue weighted by molar-refractivity contribution is 6.29. The van der Waals surface area contributed by atoms with Gasteiger partial charge in [-0.25, -0.2) is 4.98 Å². The molecule has 1 fully saturated rings. The number of halogens is 4. The lowest BCUT2D eigenvalue weighted by molar-refractivity contribution is -0.137. The van der Waals surface area contributed by atoms with Gasteiger partial charge in [-0.2, -0.15) is 13.2 Å². The van der Waals surface area contributed by atoms with Crippen LogP contribution < -0.4 is 4.90 Å². The van der Waals surface area contributed by atoms with Crippen LogP contribution in [0.3, 0.4) is 0 Å². The maximum absolute atomic E-state index is 12.6. The summed E-state index contributed by atoms with van der Waals surface area (Å²) >= 11 is 5.89. The Labute approximate surface area is 147 Å². The zero-order valence-electron chi connectivity index (χ0n) is 13.1. The molecule has 0 atom stereocenters. The molecule has 2 heterocycles. The second-order valence-electron chi connectivity index (χ2n) is 5.69. The van der Waals surface area contributed by atoms with Crippen molar-refractivity contribution in [2.75, 3.05) is 31.1 Å². The van der Waals surface area contributed by atoms with E-state index in [1.54, 1.807) is 17.2 Å². The first kappa shape index (κ1) is 17.5. The lowest BCUT2D eigenvalue weighted by Gasteiger charge is -2.36. The number of aromatic nitrogens is 1. The first-order valence-electron chi connectivity index (χ1n) is 7.67. The van der Waals surface area contributed by atoms with E-state index in [0.29, 0.717) is 31.3 Å². The molecule has 25 heavy (non-hydrogen) atoms. The van der Waals surface area contributed by atoms with Crippen molar-refractivity contribution < 1.29 is 18.0 Å². The predicted octanol–water partition coefficient (Wildman–Crippen LogP) is 3.72. The number of nitrogens with zero attached hydrogens (tertiary/aromatic N) is 3. The molecule has 1 aliphatic heterocycles. The monoisotopic (exact) mass is 369 g/mol. The van der Waals surface area contributed by atoms with Gasteiger partial charge < -0.3 is 9.80 Å². The summed E-state index contributed by atoms with van der Waals surface area (Å²) in [7, 11) is 0. The summed E-state index contributed by atoms with van der Waals surface area (Å²) in [6, 6.07) is 7.92. The molecule has 0 bridgehead atoms. The van der Waals surface area contributed by atoms with Crippen molar-refractivity contribution in [2.24, 2.45) is 0 Å². The molecule has 1 amide bonds. The van der Waals surface area contributed by atoms with Crippen molar-refractivity contribution in [3.8, 4) is 0 Å². The van der Waals surface area contributed by atoms with Crippen LogP contribution in [0.5, 0.6) is 0 Å². The number of hydrogen-bond donors (Lipinski definition) is 0. The zero-order chi connectivity index (χ0) is 18.0. The van der Waals surface area contributed by atoms with Crippen LogP contribution in [0, 0.1) is 0 Å². The average Bonchev–Trinajstić information content (AvgIpc) is 2.61. The highest BCUT2D eigenvalue weighted by Gasteiger charge is 2.30. The van der Waals surface area contributed by atoms with Gasteiger partial charge in [0, 0.05) is 43.6 Å². The normalized spacial score (nSPS) is 15.4. The van der Waals surface area contributed by atoms with E-state index >= 15 is 0 Å². The summed E-state index contributed by atoms with van der Waals surface area (Å²) in [4.78, 5) is 20.1. The number of piperazine rings is 1. The quantitative estimate of drug-likeness (QED) is 0.757. The minimum absolute atomic E-state index is 0.258. The van der Waals surface area contributed by atoms with Crippen LogP contribution in [0.2, 0.25) is 5.15 Å². The molecule has 3 rings (SSSR count). The van der Waals surface area contributed by atoms with Crippen molar-refractivity contribution in [1.29, 1.82) is 0 Å². The fourth-order valence-corrected chi connectivity index (χ4v) is 2.91. The number of carbonyl (C=O) groups is 1. The number of hydrogen-bond acceptors (Lipinski definition) is 3. The van der Waals surface area contributed by atoms with Gasteiger partial charge in [-0.1, -0.05) is 11.6 Å². The smallest absolute Gasteiger partial charge is 0.368 e. The largest absolute Gasteiger partial charge is 0.416 e. The van der Waals surface area contributed by atoms with Gasteiger partial charge in [-0.15, -0.1) is 0 Å². The molecule has 8 heteroatoms. The highest BCUT2D eigenvalue weighted by atomic mass is 35.5. The van der Waals surface area contributed by atoms with Crippen LogP contribution in [-0.4, -0.2) is 42.0 Å². The molecule has 132 valence electrons. The van der Waals surface area contributed by atoms with Crippen LogP contribution in [0.4, 0.5) is 18.9 Å². The van der Waals surface area contributed by atoms with Crippen molar-refractivity contribution in [1.82, 2.24) is 9.88 Å². The Kier molecular flexibility index (Phi) is 4.85. The van der Waals surface area contributed by atoms with Crippen LogP contribution >= 0.6 is 11.6 Å². The van der Waals surface area contributed by atoms with Gasteiger partial charge in [0.1, 0.15) is 5.15 Å². The van der Waals surface area contributed by atoms with Gasteiger partial charge in [0.15, 0.2) is 0 Å². The summed E-state index contributed by atoms with van der Waals surface area (Å²) in [6.07, 6.45) is -2.78. The third-order valence-corrected chi connectivity index (χ3v) is 4.31. The summed E-state index contributed by atoms with van der Waals surface area (Å²) in [5.41, 5.74) is 0.429. The zero-order valence-corrected chi connectivity index (χ0v) is 13.9. The van der Waals surface area contributed by atoms with Crippen molar-refractivity contribution in [3.05, 3.63) is 58.9 Å². The number of alkyl halides is 3. The molecule has 0 spiro atoms. The molecular weight excluding hydrogens is 355 g/mol. The SMILES string of the molecule is O=C(c1ccc(C(F)(F)F)cc1)N1CCN(c2ccnc(Cl)c2)CC1. The van der Waals surface area contributed by atoms with Crippen LogP contribution in [0.15, 0.2) is 42.6 Å². The Morgan fingerprint density at radius 2 is 1.68 bits per heavy atom. The summed E-state index contributed by atoms with van der Waals surface area (Å²) < 4.78 is 37.8. The standard InChI is InChI=1S/C17H15ClF3N3O/c18-15-11-14(5-6-22-15)23-7-9-24(10-8-23)16(25)12-1-3-13(4-2-12)17(19,20)21/h1-6,11H,7-10H2. The number of rotatable bonds is 2. The van der Waals surface area contributed by atoms with Crippen molar-refractivity contribution in [3.63, 3.8) is 0 Å². The molecule has 1 aromatic carbocycles. The fraction of sp³-hybridized carbons (Fsp3) is 0.294. The van der Waals surface area contributed by atoms with Gasteiger partial charge in [-0.3, -0.25) is 4.79 Å². The molecule has 0 unspecified atom stereocenters. The predicted molar refractivity (Wildman–Crippen MR) is 88.8 cm³/mol. The minimum Gasteiger partial charge on any atom is -0.368 e. The molecule has 4 nitrogen and oxygen atoms in total. The number of carbonyl (C=O) groups excluding carboxylic acids is 1. The minimum atomic E-state index is -4.40. The van der Waals surface area contributed by atoms with Gasteiger partial charge in [0.25, 0.3) is 5.91 Å². The van der Waals surface area contributed by atoms with Crippen molar-refractivity contribution in [2.45, 2.75) is 6.18 Å². The maximum Gasteiger partial charge on any atom is 0.416 e. The van der Waals surface area contributed by atoms with E-state index in [9.17, 15) is 18.0 Å². The molecule has 1 aromatic heterocycles. The molecule has 1 saturated heterocycles. The number of benzene rings is 1. The summed E-state index contributed by atoms with van der Waals surface area (Å²) in [5.74, 6) is -0.263. The molecule has 0 N–H and O–H groups in total. The molecule has 0 aliphatic carbocycles. The maximum atomic E-state index is 12.6. The Balaban J connectivity index is 1.63. The third kappa shape index (κ3) is 4.04. The van der Waals surface area contributed by atoms with Crippen molar-refractivity contribution >= 4 is 23.2 Å². The molecule has 2 aromatic rings. The van der Waals surface area contributed by atoms with E-state index in [2.05, 4.69) is 9.88 Å². The Morgan fingerprint density at radius 3 is 2.24 bits per heavy atom. The Bertz CT molecular complexity index is 756. The summed E-state index contributed by atoms with van der Waals surface area (Å²) in [6.45, 7) is 2.21. The first-order valence-corrected chi connectivity index (χ1v) is 8.05. The fourth-order valence-electron chi connectivity index (χ4n) is 2.74. The van der Waals surface area contributed by atoms with Gasteiger partial charge >= 0.3 is 6.18 Å². The third-order valence-electron chi connectivity index (χ3n) is 4.10. The Hall–Kier alpha value is -2.28. The highest BCUT2D eigenvalue weighted by Crippen LogP contribution is 2.29. The lowest BCUT2D eigenvalue weighted by atomic mass is 10.1. The second kappa shape index (κ2) is 6.92. The van der Waals surface area contributed by atoms with E-state index in [4.69, 9.17) is 11.6 Å². The molecule has 1 aliphatic rings. The van der Waals surface area contributed by atoms with E-state index in [1.165, 1.54) is 12.1 Å². The van der Waals surface area contributed by atoms with E-state index < -0.39 is 11.7 Å². The number of anilines is 1. The average molecular weight is 370 g/mol. The van der Waals surface area contributed by atoms with Gasteiger partial charge in [-0.05, 0) is 36.4 Å². The molecular formula is C17H15ClF3N3O. The van der Waals surface area contributed by atoms with E-state index in [0.717, 1.165) is 17.8 Å². The van der Waals surface area contributed by atoms with E-state index in [1.807, 2.05) is 6.07 Å². The first-order chi connectivity index (χ1) is 11.8. The van der Waals surface area contributed by atoms with Crippen LogP contribution in [0.25, 0.3) is 0 Å². The number of pyridine rings is 1.